The molecule has 0 aromatic heterocycles. The molecule has 0 aliphatic rings. The van der Waals surface area contributed by atoms with Crippen LogP contribution in [0.4, 0.5) is 0 Å². The second kappa shape index (κ2) is 8.77. The van der Waals surface area contributed by atoms with E-state index in [0.29, 0.717) is 12.8 Å². The van der Waals surface area contributed by atoms with E-state index in [1.807, 2.05) is 13.8 Å². The number of hydrogen-bond donors (Lipinski definition) is 0. The Morgan fingerprint density at radius 3 is 1.23 bits per heavy atom. The van der Waals surface area contributed by atoms with Gasteiger partial charge in [-0.25, -0.2) is 0 Å². The maximum absolute atomic E-state index is 12.0. The molecule has 2 aromatic rings. The van der Waals surface area contributed by atoms with Crippen molar-refractivity contribution in [2.75, 3.05) is 13.2 Å². The molecule has 8 heteroatoms. The summed E-state index contributed by atoms with van der Waals surface area (Å²) in [6.07, 6.45) is 0.711. The van der Waals surface area contributed by atoms with Gasteiger partial charge in [-0.2, -0.15) is 16.8 Å². The lowest BCUT2D eigenvalue weighted by molar-refractivity contribution is 0.270. The lowest BCUT2D eigenvalue weighted by Crippen LogP contribution is -2.10. The SMILES string of the molecule is Cc1ccc(S(=O)(=O)O[13CH2][13CH2][13CH2][13CH2]OS(=O)(=O)c2ccc(C)cc2)cc1. The van der Waals surface area contributed by atoms with Crippen LogP contribution < -0.4 is 0 Å². The van der Waals surface area contributed by atoms with Crippen molar-refractivity contribution < 1.29 is 25.2 Å². The molecular weight excluding hydrogens is 380 g/mol. The van der Waals surface area contributed by atoms with Gasteiger partial charge in [-0.15, -0.1) is 0 Å². The van der Waals surface area contributed by atoms with Crippen LogP contribution in [-0.2, 0) is 28.6 Å². The largest absolute Gasteiger partial charge is 0.296 e. The highest BCUT2D eigenvalue weighted by Crippen LogP contribution is 2.15. The molecule has 0 atom stereocenters. The molecule has 26 heavy (non-hydrogen) atoms. The molecular formula is C18H22O6S2. The van der Waals surface area contributed by atoms with E-state index < -0.39 is 20.2 Å². The van der Waals surface area contributed by atoms with Crippen LogP contribution in [0.1, 0.15) is 24.0 Å². The Morgan fingerprint density at radius 1 is 0.615 bits per heavy atom. The highest BCUT2D eigenvalue weighted by atomic mass is 32.2. The van der Waals surface area contributed by atoms with Crippen molar-refractivity contribution in [3.8, 4) is 0 Å². The molecule has 0 N–H and O–H groups in total. The Morgan fingerprint density at radius 2 is 0.923 bits per heavy atom. The van der Waals surface area contributed by atoms with Gasteiger partial charge in [-0.3, -0.25) is 8.37 Å². The van der Waals surface area contributed by atoms with E-state index >= 15 is 0 Å². The zero-order valence-electron chi connectivity index (χ0n) is 14.7. The van der Waals surface area contributed by atoms with Gasteiger partial charge < -0.3 is 0 Å². The lowest BCUT2D eigenvalue weighted by Gasteiger charge is -2.07. The monoisotopic (exact) mass is 402 g/mol. The van der Waals surface area contributed by atoms with Gasteiger partial charge in [-0.05, 0) is 51.0 Å². The molecule has 0 fully saturated rings. The van der Waals surface area contributed by atoms with Crippen molar-refractivity contribution in [3.63, 3.8) is 0 Å². The van der Waals surface area contributed by atoms with E-state index in [0.717, 1.165) is 11.1 Å². The third-order valence-corrected chi connectivity index (χ3v) is 6.29. The van der Waals surface area contributed by atoms with Gasteiger partial charge in [0.05, 0.1) is 23.0 Å². The molecule has 0 heterocycles. The zero-order chi connectivity index (χ0) is 19.2. The molecule has 142 valence electrons. The van der Waals surface area contributed by atoms with Crippen LogP contribution in [0, 0.1) is 13.8 Å². The van der Waals surface area contributed by atoms with Crippen molar-refractivity contribution in [2.45, 2.75) is 36.5 Å². The molecule has 2 aromatic carbocycles. The van der Waals surface area contributed by atoms with E-state index in [2.05, 4.69) is 0 Å². The first-order valence-electron chi connectivity index (χ1n) is 8.13. The average molecular weight is 402 g/mol. The van der Waals surface area contributed by atoms with Crippen molar-refractivity contribution in [1.29, 1.82) is 0 Å². The fourth-order valence-corrected chi connectivity index (χ4v) is 3.97. The topological polar surface area (TPSA) is 86.7 Å². The smallest absolute Gasteiger partial charge is 0.266 e. The van der Waals surface area contributed by atoms with Crippen LogP contribution in [0.25, 0.3) is 0 Å². The van der Waals surface area contributed by atoms with Crippen molar-refractivity contribution in [3.05, 3.63) is 59.7 Å². The molecule has 0 amide bonds. The van der Waals surface area contributed by atoms with E-state index in [1.165, 1.54) is 24.3 Å². The molecule has 0 aliphatic carbocycles. The number of aryl methyl sites for hydroxylation is 2. The van der Waals surface area contributed by atoms with E-state index in [4.69, 9.17) is 8.37 Å². The standard InChI is InChI=1S/C18H22O6S2/c1-15-5-9-17(10-6-15)25(19,20)23-13-3-4-14-24-26(21,22)18-11-7-16(2)8-12-18/h5-12H,3-4,13-14H2,1-2H3/i3+1,4+1,13+1,14+1. The van der Waals surface area contributed by atoms with Gasteiger partial charge in [0.25, 0.3) is 20.2 Å². The van der Waals surface area contributed by atoms with Crippen LogP contribution in [0.2, 0.25) is 0 Å². The molecule has 0 saturated carbocycles. The zero-order valence-corrected chi connectivity index (χ0v) is 16.3. The minimum Gasteiger partial charge on any atom is -0.266 e. The summed E-state index contributed by atoms with van der Waals surface area (Å²) in [5.74, 6) is 0. The van der Waals surface area contributed by atoms with E-state index in [1.54, 1.807) is 24.3 Å². The Kier molecular flexibility index (Phi) is 6.94. The number of rotatable bonds is 9. The molecule has 0 unspecified atom stereocenters. The highest BCUT2D eigenvalue weighted by molar-refractivity contribution is 7.87. The Labute approximate surface area is 155 Å². The van der Waals surface area contributed by atoms with Crippen LogP contribution in [0.5, 0.6) is 0 Å². The summed E-state index contributed by atoms with van der Waals surface area (Å²) >= 11 is 0. The average Bonchev–Trinajstić information content (AvgIpc) is 2.58. The molecule has 0 saturated heterocycles. The van der Waals surface area contributed by atoms with Crippen molar-refractivity contribution in [2.24, 2.45) is 0 Å². The summed E-state index contributed by atoms with van der Waals surface area (Å²) in [7, 11) is -7.60. The van der Waals surface area contributed by atoms with Crippen molar-refractivity contribution in [1.82, 2.24) is 0 Å². The normalized spacial score (nSPS) is 12.2. The first-order chi connectivity index (χ1) is 12.2. The molecule has 6 nitrogen and oxygen atoms in total. The fraction of sp³-hybridized carbons (Fsp3) is 0.333. The van der Waals surface area contributed by atoms with Gasteiger partial charge in [0.1, 0.15) is 0 Å². The van der Waals surface area contributed by atoms with Crippen LogP contribution >= 0.6 is 0 Å². The molecule has 0 spiro atoms. The molecule has 2 rings (SSSR count). The third kappa shape index (κ3) is 5.91. The molecule has 0 radical (unpaired) electrons. The minimum atomic E-state index is -3.80. The van der Waals surface area contributed by atoms with Crippen LogP contribution in [0.15, 0.2) is 58.3 Å². The Bertz CT molecular complexity index is 835. The first-order valence-corrected chi connectivity index (χ1v) is 10.9. The van der Waals surface area contributed by atoms with E-state index in [9.17, 15) is 16.8 Å². The van der Waals surface area contributed by atoms with Gasteiger partial charge in [0.2, 0.25) is 0 Å². The number of hydrogen-bond acceptors (Lipinski definition) is 6. The van der Waals surface area contributed by atoms with Crippen molar-refractivity contribution >= 4 is 20.2 Å². The quantitative estimate of drug-likeness (QED) is 0.364. The Balaban J connectivity index is 1.75. The predicted molar refractivity (Wildman–Crippen MR) is 97.9 cm³/mol. The van der Waals surface area contributed by atoms with Crippen LogP contribution in [0.3, 0.4) is 0 Å². The second-order valence-electron chi connectivity index (χ2n) is 5.89. The third-order valence-electron chi connectivity index (χ3n) is 3.63. The van der Waals surface area contributed by atoms with Gasteiger partial charge in [0.15, 0.2) is 0 Å². The lowest BCUT2D eigenvalue weighted by atomic mass is 10.2. The summed E-state index contributed by atoms with van der Waals surface area (Å²) in [5.41, 5.74) is 1.91. The van der Waals surface area contributed by atoms with Gasteiger partial charge in [0, 0.05) is 0 Å². The van der Waals surface area contributed by atoms with E-state index in [-0.39, 0.29) is 23.0 Å². The second-order valence-corrected chi connectivity index (χ2v) is 9.12. The number of benzene rings is 2. The predicted octanol–water partition coefficient (Wildman–Crippen LogP) is 3.19. The summed E-state index contributed by atoms with van der Waals surface area (Å²) in [6, 6.07) is 12.7. The summed E-state index contributed by atoms with van der Waals surface area (Å²) in [6.45, 7) is 3.65. The molecule has 0 bridgehead atoms. The summed E-state index contributed by atoms with van der Waals surface area (Å²) in [4.78, 5) is 0.197. The Hall–Kier alpha value is -1.74. The minimum absolute atomic E-state index is 0.0376. The van der Waals surface area contributed by atoms with Gasteiger partial charge >= 0.3 is 0 Å². The van der Waals surface area contributed by atoms with Gasteiger partial charge in [-0.1, -0.05) is 35.4 Å². The first kappa shape index (κ1) is 20.6. The molecule has 0 aliphatic heterocycles. The summed E-state index contributed by atoms with van der Waals surface area (Å²) in [5, 5.41) is 0. The highest BCUT2D eigenvalue weighted by Gasteiger charge is 2.16. The maximum atomic E-state index is 12.0. The van der Waals surface area contributed by atoms with Crippen LogP contribution in [-0.4, -0.2) is 30.0 Å². The maximum Gasteiger partial charge on any atom is 0.296 e. The fourth-order valence-electron chi connectivity index (χ4n) is 2.09. The number of unbranched alkanes of at least 4 members (excludes halogenated alkanes) is 1. The summed E-state index contributed by atoms with van der Waals surface area (Å²) < 4.78 is 57.9.